The van der Waals surface area contributed by atoms with Crippen LogP contribution in [0, 0.1) is 25.7 Å². The van der Waals surface area contributed by atoms with Crippen LogP contribution in [0.15, 0.2) is 84.9 Å². The van der Waals surface area contributed by atoms with Crippen LogP contribution in [0.25, 0.3) is 17.1 Å². The van der Waals surface area contributed by atoms with Gasteiger partial charge in [0.25, 0.3) is 0 Å². The molecule has 4 heteroatoms. The largest absolute Gasteiger partial charge is 0.384 e. The highest BCUT2D eigenvalue weighted by Crippen LogP contribution is 2.51. The van der Waals surface area contributed by atoms with Crippen LogP contribution in [0.4, 0.5) is 0 Å². The molecule has 1 saturated carbocycles. The van der Waals surface area contributed by atoms with Gasteiger partial charge in [0.2, 0.25) is 0 Å². The average Bonchev–Trinajstić information content (AvgIpc) is 3.28. The smallest absolute Gasteiger partial charge is 0.137 e. The first kappa shape index (κ1) is 22.3. The Kier molecular flexibility index (Phi) is 5.58. The second-order valence-corrected chi connectivity index (χ2v) is 10.4. The van der Waals surface area contributed by atoms with Crippen LogP contribution in [0.2, 0.25) is 0 Å². The molecule has 0 radical (unpaired) electrons. The normalized spacial score (nSPS) is 24.1. The fourth-order valence-electron chi connectivity index (χ4n) is 6.42. The molecule has 2 aliphatic rings. The maximum Gasteiger partial charge on any atom is 0.137 e. The van der Waals surface area contributed by atoms with Gasteiger partial charge in [-0.05, 0) is 62.1 Å². The Morgan fingerprint density at radius 2 is 1.46 bits per heavy atom. The van der Waals surface area contributed by atoms with E-state index in [9.17, 15) is 5.11 Å². The summed E-state index contributed by atoms with van der Waals surface area (Å²) in [6, 6.07) is 29.6. The van der Waals surface area contributed by atoms with E-state index >= 15 is 0 Å². The third-order valence-electron chi connectivity index (χ3n) is 8.19. The van der Waals surface area contributed by atoms with Crippen molar-refractivity contribution >= 4 is 0 Å². The second-order valence-electron chi connectivity index (χ2n) is 10.4. The molecule has 6 rings (SSSR count). The minimum atomic E-state index is -0.736. The molecule has 35 heavy (non-hydrogen) atoms. The number of fused-ring (bicyclic) bond motifs is 2. The first-order chi connectivity index (χ1) is 17.0. The number of aliphatic hydroxyl groups is 1. The van der Waals surface area contributed by atoms with E-state index in [2.05, 4.69) is 108 Å². The van der Waals surface area contributed by atoms with E-state index in [1.807, 2.05) is 0 Å². The highest BCUT2D eigenvalue weighted by Gasteiger charge is 2.53. The van der Waals surface area contributed by atoms with Crippen molar-refractivity contribution in [1.82, 2.24) is 14.5 Å². The number of aromatic nitrogens is 2. The van der Waals surface area contributed by atoms with Crippen LogP contribution in [0.5, 0.6) is 0 Å². The number of rotatable bonds is 5. The summed E-state index contributed by atoms with van der Waals surface area (Å²) in [5, 5.41) is 12.0. The van der Waals surface area contributed by atoms with E-state index in [1.165, 1.54) is 17.0 Å². The molecule has 2 unspecified atom stereocenters. The molecule has 2 aromatic heterocycles. The lowest BCUT2D eigenvalue weighted by Crippen LogP contribution is -2.51. The Morgan fingerprint density at radius 1 is 0.800 bits per heavy atom. The van der Waals surface area contributed by atoms with Gasteiger partial charge in [0.05, 0.1) is 11.3 Å². The summed E-state index contributed by atoms with van der Waals surface area (Å²) in [4.78, 5) is 7.48. The average molecular weight is 464 g/mol. The number of likely N-dealkylation sites (tertiary alicyclic amines) is 1. The highest BCUT2D eigenvalue weighted by atomic mass is 16.3. The number of nitrogens with zero attached hydrogens (tertiary/aromatic N) is 3. The number of aryl methyl sites for hydroxylation is 2. The molecule has 4 aromatic rings. The zero-order valence-electron chi connectivity index (χ0n) is 20.6. The summed E-state index contributed by atoms with van der Waals surface area (Å²) >= 11 is 0. The third-order valence-corrected chi connectivity index (χ3v) is 8.19. The van der Waals surface area contributed by atoms with Crippen molar-refractivity contribution in [3.8, 4) is 17.1 Å². The summed E-state index contributed by atoms with van der Waals surface area (Å²) in [6.07, 6.45) is 2.18. The van der Waals surface area contributed by atoms with Gasteiger partial charge in [-0.15, -0.1) is 0 Å². The van der Waals surface area contributed by atoms with E-state index in [1.54, 1.807) is 0 Å². The Morgan fingerprint density at radius 3 is 2.11 bits per heavy atom. The van der Waals surface area contributed by atoms with E-state index in [0.717, 1.165) is 55.1 Å². The molecule has 2 bridgehead atoms. The van der Waals surface area contributed by atoms with Crippen molar-refractivity contribution in [3.05, 3.63) is 107 Å². The molecule has 2 aromatic carbocycles. The third kappa shape index (κ3) is 3.91. The monoisotopic (exact) mass is 463 g/mol. The summed E-state index contributed by atoms with van der Waals surface area (Å²) in [7, 11) is 0. The number of hydrogen-bond acceptors (Lipinski definition) is 3. The van der Waals surface area contributed by atoms with Crippen molar-refractivity contribution in [2.24, 2.45) is 11.8 Å². The first-order valence-electron chi connectivity index (χ1n) is 12.7. The molecule has 2 fully saturated rings. The lowest BCUT2D eigenvalue weighted by Gasteiger charge is -2.45. The fraction of sp³-hybridized carbons (Fsp3) is 0.323. The SMILES string of the molecule is Cc1ccc(C)n1-c1cccc(-c2ccc(C3(O)C4CCC3CN(Cc3ccccc3)C4)cc2)n1. The van der Waals surface area contributed by atoms with Gasteiger partial charge >= 0.3 is 0 Å². The molecule has 3 heterocycles. The van der Waals surface area contributed by atoms with Crippen molar-refractivity contribution in [1.29, 1.82) is 0 Å². The molecule has 1 saturated heterocycles. The van der Waals surface area contributed by atoms with Gasteiger partial charge in [-0.2, -0.15) is 0 Å². The van der Waals surface area contributed by atoms with Crippen LogP contribution in [0.1, 0.15) is 35.4 Å². The summed E-state index contributed by atoms with van der Waals surface area (Å²) in [5.74, 6) is 1.49. The van der Waals surface area contributed by atoms with Crippen LogP contribution < -0.4 is 0 Å². The van der Waals surface area contributed by atoms with E-state index in [-0.39, 0.29) is 11.8 Å². The Bertz CT molecular complexity index is 1290. The number of benzene rings is 2. The molecule has 2 atom stereocenters. The van der Waals surface area contributed by atoms with Gasteiger partial charge in [-0.1, -0.05) is 60.7 Å². The molecule has 1 aliphatic heterocycles. The number of pyridine rings is 1. The number of hydrogen-bond donors (Lipinski definition) is 1. The molecular weight excluding hydrogens is 430 g/mol. The predicted molar refractivity (Wildman–Crippen MR) is 140 cm³/mol. The van der Waals surface area contributed by atoms with Crippen molar-refractivity contribution in [2.45, 2.75) is 38.8 Å². The maximum atomic E-state index is 12.0. The maximum absolute atomic E-state index is 12.0. The van der Waals surface area contributed by atoms with Gasteiger partial charge in [0, 0.05) is 48.4 Å². The molecule has 1 aliphatic carbocycles. The quantitative estimate of drug-likeness (QED) is 0.401. The molecule has 0 spiro atoms. The van der Waals surface area contributed by atoms with E-state index in [4.69, 9.17) is 4.98 Å². The fourth-order valence-corrected chi connectivity index (χ4v) is 6.42. The second kappa shape index (κ2) is 8.78. The minimum absolute atomic E-state index is 0.275. The lowest BCUT2D eigenvalue weighted by molar-refractivity contribution is -0.0914. The Balaban J connectivity index is 1.23. The molecule has 4 nitrogen and oxygen atoms in total. The van der Waals surface area contributed by atoms with Crippen molar-refractivity contribution in [2.75, 3.05) is 13.1 Å². The van der Waals surface area contributed by atoms with E-state index in [0.29, 0.717) is 0 Å². The van der Waals surface area contributed by atoms with Gasteiger partial charge in [-0.3, -0.25) is 4.90 Å². The van der Waals surface area contributed by atoms with Crippen LogP contribution in [-0.2, 0) is 12.1 Å². The first-order valence-corrected chi connectivity index (χ1v) is 12.7. The standard InChI is InChI=1S/C31H33N3O/c1-22-11-12-23(2)34(22)30-10-6-9-29(32-30)25-13-15-26(16-14-25)31(35)27-17-18-28(31)21-33(20-27)19-24-7-4-3-5-8-24/h3-16,27-28,35H,17-21H2,1-2H3. The molecular formula is C31H33N3O. The lowest BCUT2D eigenvalue weighted by atomic mass is 9.75. The van der Waals surface area contributed by atoms with Crippen molar-refractivity contribution < 1.29 is 5.11 Å². The van der Waals surface area contributed by atoms with Gasteiger partial charge in [0.1, 0.15) is 5.82 Å². The minimum Gasteiger partial charge on any atom is -0.384 e. The van der Waals surface area contributed by atoms with Crippen LogP contribution in [0.3, 0.4) is 0 Å². The predicted octanol–water partition coefficient (Wildman–Crippen LogP) is 5.89. The van der Waals surface area contributed by atoms with Crippen molar-refractivity contribution in [3.63, 3.8) is 0 Å². The Labute approximate surface area is 207 Å². The summed E-state index contributed by atoms with van der Waals surface area (Å²) < 4.78 is 2.18. The van der Waals surface area contributed by atoms with Crippen LogP contribution in [-0.4, -0.2) is 32.6 Å². The van der Waals surface area contributed by atoms with Gasteiger partial charge < -0.3 is 9.67 Å². The zero-order valence-corrected chi connectivity index (χ0v) is 20.6. The Hall–Kier alpha value is -3.21. The van der Waals surface area contributed by atoms with Gasteiger partial charge in [-0.25, -0.2) is 4.98 Å². The highest BCUT2D eigenvalue weighted by molar-refractivity contribution is 5.61. The van der Waals surface area contributed by atoms with E-state index < -0.39 is 5.60 Å². The van der Waals surface area contributed by atoms with Crippen LogP contribution >= 0.6 is 0 Å². The molecule has 178 valence electrons. The molecule has 0 amide bonds. The van der Waals surface area contributed by atoms with Gasteiger partial charge in [0.15, 0.2) is 0 Å². The summed E-state index contributed by atoms with van der Waals surface area (Å²) in [5.41, 5.74) is 6.06. The zero-order chi connectivity index (χ0) is 24.0. The number of piperidine rings is 1. The topological polar surface area (TPSA) is 41.3 Å². The molecule has 1 N–H and O–H groups in total. The summed E-state index contributed by atoms with van der Waals surface area (Å²) in [6.45, 7) is 7.07.